The zero-order valence-corrected chi connectivity index (χ0v) is 16.8. The van der Waals surface area contributed by atoms with Crippen LogP contribution < -0.4 is 5.73 Å². The lowest BCUT2D eigenvalue weighted by Crippen LogP contribution is -2.40. The SMILES string of the molecule is NC(=O)C(c1ccc(C(F)(F)F)cc1)N(CCc1ccncc1)CCc1cccnc1. The van der Waals surface area contributed by atoms with Gasteiger partial charge in [-0.3, -0.25) is 19.7 Å². The van der Waals surface area contributed by atoms with E-state index in [9.17, 15) is 18.0 Å². The maximum Gasteiger partial charge on any atom is 0.416 e. The predicted molar refractivity (Wildman–Crippen MR) is 111 cm³/mol. The molecule has 0 spiro atoms. The predicted octanol–water partition coefficient (Wildman–Crippen LogP) is 3.81. The lowest BCUT2D eigenvalue weighted by atomic mass is 10.0. The van der Waals surface area contributed by atoms with Crippen molar-refractivity contribution in [1.29, 1.82) is 0 Å². The summed E-state index contributed by atoms with van der Waals surface area (Å²) >= 11 is 0. The number of pyridine rings is 2. The molecular weight excluding hydrogens is 405 g/mol. The highest BCUT2D eigenvalue weighted by Gasteiger charge is 2.31. The molecule has 1 aromatic carbocycles. The Bertz CT molecular complexity index is 920. The minimum Gasteiger partial charge on any atom is -0.368 e. The summed E-state index contributed by atoms with van der Waals surface area (Å²) in [5.74, 6) is -0.610. The van der Waals surface area contributed by atoms with Gasteiger partial charge in [0.1, 0.15) is 6.04 Å². The summed E-state index contributed by atoms with van der Waals surface area (Å²) in [7, 11) is 0. The molecule has 31 heavy (non-hydrogen) atoms. The monoisotopic (exact) mass is 428 g/mol. The van der Waals surface area contributed by atoms with Crippen LogP contribution in [0.2, 0.25) is 0 Å². The van der Waals surface area contributed by atoms with E-state index in [4.69, 9.17) is 5.73 Å². The van der Waals surface area contributed by atoms with Crippen molar-refractivity contribution >= 4 is 5.91 Å². The van der Waals surface area contributed by atoms with E-state index >= 15 is 0 Å². The fraction of sp³-hybridized carbons (Fsp3) is 0.261. The molecule has 0 aliphatic carbocycles. The van der Waals surface area contributed by atoms with Crippen LogP contribution in [0, 0.1) is 0 Å². The molecule has 0 saturated carbocycles. The largest absolute Gasteiger partial charge is 0.416 e. The van der Waals surface area contributed by atoms with Crippen molar-refractivity contribution in [2.45, 2.75) is 25.1 Å². The van der Waals surface area contributed by atoms with Gasteiger partial charge in [0.15, 0.2) is 0 Å². The second-order valence-electron chi connectivity index (χ2n) is 7.18. The van der Waals surface area contributed by atoms with Crippen LogP contribution in [0.3, 0.4) is 0 Å². The number of benzene rings is 1. The van der Waals surface area contributed by atoms with Crippen LogP contribution in [0.4, 0.5) is 13.2 Å². The van der Waals surface area contributed by atoms with Crippen LogP contribution in [0.5, 0.6) is 0 Å². The third kappa shape index (κ3) is 6.36. The lowest BCUT2D eigenvalue weighted by Gasteiger charge is -2.30. The lowest BCUT2D eigenvalue weighted by molar-refractivity contribution is -0.137. The minimum absolute atomic E-state index is 0.432. The Hall–Kier alpha value is -3.26. The molecule has 0 aliphatic rings. The van der Waals surface area contributed by atoms with Gasteiger partial charge in [0, 0.05) is 37.9 Å². The number of halogens is 3. The molecule has 0 fully saturated rings. The number of aromatic nitrogens is 2. The van der Waals surface area contributed by atoms with Crippen molar-refractivity contribution < 1.29 is 18.0 Å². The molecule has 1 atom stereocenters. The Kier molecular flexibility index (Phi) is 7.36. The van der Waals surface area contributed by atoms with Crippen molar-refractivity contribution in [2.75, 3.05) is 13.1 Å². The fourth-order valence-corrected chi connectivity index (χ4v) is 3.42. The Balaban J connectivity index is 1.84. The molecule has 1 amide bonds. The van der Waals surface area contributed by atoms with Gasteiger partial charge in [-0.15, -0.1) is 0 Å². The highest BCUT2D eigenvalue weighted by molar-refractivity contribution is 5.81. The van der Waals surface area contributed by atoms with Gasteiger partial charge in [-0.1, -0.05) is 18.2 Å². The zero-order valence-electron chi connectivity index (χ0n) is 16.8. The molecule has 3 aromatic rings. The number of hydrogen-bond donors (Lipinski definition) is 1. The van der Waals surface area contributed by atoms with Crippen molar-refractivity contribution in [3.05, 3.63) is 95.6 Å². The summed E-state index contributed by atoms with van der Waals surface area (Å²) in [6.07, 6.45) is 3.63. The summed E-state index contributed by atoms with van der Waals surface area (Å²) in [6, 6.07) is 11.3. The Labute approximate surface area is 178 Å². The molecular formula is C23H23F3N4O. The summed E-state index contributed by atoms with van der Waals surface area (Å²) in [5, 5.41) is 0. The first-order valence-electron chi connectivity index (χ1n) is 9.83. The molecule has 0 radical (unpaired) electrons. The van der Waals surface area contributed by atoms with E-state index < -0.39 is 23.7 Å². The van der Waals surface area contributed by atoms with Crippen molar-refractivity contribution in [1.82, 2.24) is 14.9 Å². The highest BCUT2D eigenvalue weighted by atomic mass is 19.4. The summed E-state index contributed by atoms with van der Waals surface area (Å²) in [5.41, 5.74) is 7.40. The zero-order chi connectivity index (χ0) is 22.3. The number of carbonyl (C=O) groups is 1. The van der Waals surface area contributed by atoms with Crippen molar-refractivity contribution in [2.24, 2.45) is 5.73 Å². The smallest absolute Gasteiger partial charge is 0.368 e. The number of nitrogens with two attached hydrogens (primary N) is 1. The van der Waals surface area contributed by atoms with Crippen LogP contribution in [-0.2, 0) is 23.8 Å². The molecule has 3 rings (SSSR count). The van der Waals surface area contributed by atoms with Crippen LogP contribution in [0.25, 0.3) is 0 Å². The maximum absolute atomic E-state index is 12.9. The summed E-state index contributed by atoms with van der Waals surface area (Å²) < 4.78 is 38.8. The van der Waals surface area contributed by atoms with Crippen LogP contribution in [0.1, 0.15) is 28.3 Å². The maximum atomic E-state index is 12.9. The molecule has 1 unspecified atom stereocenters. The third-order valence-corrected chi connectivity index (χ3v) is 5.04. The van der Waals surface area contributed by atoms with Gasteiger partial charge in [-0.2, -0.15) is 13.2 Å². The van der Waals surface area contributed by atoms with E-state index in [-0.39, 0.29) is 0 Å². The third-order valence-electron chi connectivity index (χ3n) is 5.04. The molecule has 2 N–H and O–H groups in total. The van der Waals surface area contributed by atoms with E-state index in [2.05, 4.69) is 9.97 Å². The first-order valence-corrected chi connectivity index (χ1v) is 9.83. The highest BCUT2D eigenvalue weighted by Crippen LogP contribution is 2.31. The van der Waals surface area contributed by atoms with Gasteiger partial charge in [-0.25, -0.2) is 0 Å². The molecule has 2 heterocycles. The number of nitrogens with zero attached hydrogens (tertiary/aromatic N) is 3. The summed E-state index contributed by atoms with van der Waals surface area (Å²) in [6.45, 7) is 0.990. The van der Waals surface area contributed by atoms with Gasteiger partial charge in [0.05, 0.1) is 5.56 Å². The fourth-order valence-electron chi connectivity index (χ4n) is 3.42. The average molecular weight is 428 g/mol. The van der Waals surface area contributed by atoms with Gasteiger partial charge in [-0.05, 0) is 59.9 Å². The average Bonchev–Trinajstić information content (AvgIpc) is 2.76. The normalized spacial score (nSPS) is 12.6. The van der Waals surface area contributed by atoms with E-state index in [0.717, 1.165) is 23.3 Å². The van der Waals surface area contributed by atoms with Crippen LogP contribution >= 0.6 is 0 Å². The van der Waals surface area contributed by atoms with Crippen molar-refractivity contribution in [3.8, 4) is 0 Å². The minimum atomic E-state index is -4.44. The number of primary amides is 1. The molecule has 0 aliphatic heterocycles. The molecule has 8 heteroatoms. The van der Waals surface area contributed by atoms with Gasteiger partial charge >= 0.3 is 6.18 Å². The van der Waals surface area contributed by atoms with E-state index in [0.29, 0.717) is 31.5 Å². The number of alkyl halides is 3. The second-order valence-corrected chi connectivity index (χ2v) is 7.18. The number of carbonyl (C=O) groups excluding carboxylic acids is 1. The van der Waals surface area contributed by atoms with E-state index in [1.807, 2.05) is 29.2 Å². The standard InChI is InChI=1S/C23H23F3N4O/c24-23(25,26)20-5-3-19(4-6-20)21(22(27)31)30(14-9-17-7-12-28-13-8-17)15-10-18-2-1-11-29-16-18/h1-8,11-13,16,21H,9-10,14-15H2,(H2,27,31). The Morgan fingerprint density at radius 2 is 1.55 bits per heavy atom. The first kappa shape index (κ1) is 22.4. The molecule has 5 nitrogen and oxygen atoms in total. The van der Waals surface area contributed by atoms with Gasteiger partial charge in [0.2, 0.25) is 5.91 Å². The Morgan fingerprint density at radius 3 is 2.10 bits per heavy atom. The first-order chi connectivity index (χ1) is 14.8. The summed E-state index contributed by atoms with van der Waals surface area (Å²) in [4.78, 5) is 22.4. The topological polar surface area (TPSA) is 72.1 Å². The van der Waals surface area contributed by atoms with Crippen LogP contribution in [0.15, 0.2) is 73.3 Å². The molecule has 2 aromatic heterocycles. The Morgan fingerprint density at radius 1 is 0.903 bits per heavy atom. The molecule has 0 bridgehead atoms. The van der Waals surface area contributed by atoms with Gasteiger partial charge in [0.25, 0.3) is 0 Å². The van der Waals surface area contributed by atoms with Crippen molar-refractivity contribution in [3.63, 3.8) is 0 Å². The molecule has 0 saturated heterocycles. The van der Waals surface area contributed by atoms with Gasteiger partial charge < -0.3 is 5.73 Å². The van der Waals surface area contributed by atoms with E-state index in [1.165, 1.54) is 12.1 Å². The van der Waals surface area contributed by atoms with Crippen LogP contribution in [-0.4, -0.2) is 33.9 Å². The quantitative estimate of drug-likeness (QED) is 0.563. The second kappa shape index (κ2) is 10.2. The number of amides is 1. The van der Waals surface area contributed by atoms with E-state index in [1.54, 1.807) is 24.8 Å². The molecule has 162 valence electrons. The number of hydrogen-bond acceptors (Lipinski definition) is 4. The number of rotatable bonds is 9.